The first-order valence-corrected chi connectivity index (χ1v) is 32.5. The minimum absolute atomic E-state index is 0.108. The summed E-state index contributed by atoms with van der Waals surface area (Å²) in [5.41, 5.74) is 2.46. The quantitative estimate of drug-likeness (QED) is 0.0850. The van der Waals surface area contributed by atoms with Gasteiger partial charge in [0.05, 0.1) is 0 Å². The van der Waals surface area contributed by atoms with E-state index in [4.69, 9.17) is 0 Å². The van der Waals surface area contributed by atoms with E-state index in [1.54, 1.807) is 0 Å². The summed E-state index contributed by atoms with van der Waals surface area (Å²) in [4.78, 5) is 0. The Labute approximate surface area is 414 Å². The van der Waals surface area contributed by atoms with Gasteiger partial charge < -0.3 is 0 Å². The summed E-state index contributed by atoms with van der Waals surface area (Å²) in [7, 11) is 0. The zero-order valence-electron chi connectivity index (χ0n) is 36.8. The third-order valence-corrected chi connectivity index (χ3v) is 27.7. The molecule has 66 heavy (non-hydrogen) atoms. The molecule has 0 bridgehead atoms. The molecule has 0 aliphatic rings. The van der Waals surface area contributed by atoms with E-state index in [-0.39, 0.29) is 30.9 Å². The van der Waals surface area contributed by atoms with Gasteiger partial charge in [0.2, 0.25) is 0 Å². The van der Waals surface area contributed by atoms with Crippen LogP contribution >= 0.6 is 0 Å². The number of hydrazine groups is 1. The number of para-hydroxylation sites is 2. The molecule has 6 heteroatoms. The summed E-state index contributed by atoms with van der Waals surface area (Å²) in [5, 5.41) is 0. The molecule has 0 saturated carbocycles. The van der Waals surface area contributed by atoms with Gasteiger partial charge in [0.15, 0.2) is 0 Å². The molecule has 0 N–H and O–H groups in total. The van der Waals surface area contributed by atoms with E-state index in [2.05, 4.69) is 311 Å². The fraction of sp³-hybridized carbons (Fsp3) is 0. The van der Waals surface area contributed by atoms with Crippen molar-refractivity contribution < 1.29 is 0 Å². The second kappa shape index (κ2) is 25.6. The minimum atomic E-state index is -2.42. The third-order valence-electron chi connectivity index (χ3n) is 10.5. The normalized spacial score (nSPS) is 10.5. The summed E-state index contributed by atoms with van der Waals surface area (Å²) in [6.07, 6.45) is 0. The molecule has 0 fully saturated rings. The van der Waals surface area contributed by atoms with E-state index in [0.29, 0.717) is 0 Å². The molecule has 10 aromatic rings. The van der Waals surface area contributed by atoms with Gasteiger partial charge in [-0.15, -0.1) is 0 Å². The van der Waals surface area contributed by atoms with Crippen LogP contribution in [0.5, 0.6) is 0 Å². The molecule has 6 radical (unpaired) electrons. The summed E-state index contributed by atoms with van der Waals surface area (Å²) < 4.78 is 17.1. The molecule has 0 aliphatic heterocycles. The molecule has 0 aliphatic carbocycles. The van der Waals surface area contributed by atoms with Crippen LogP contribution in [-0.4, -0.2) is 60.0 Å². The number of hydrogen-bond acceptors (Lipinski definition) is 2. The Bertz CT molecular complexity index is 2480. The Hall–Kier alpha value is -6.03. The van der Waals surface area contributed by atoms with E-state index < -0.39 is 29.1 Å². The van der Waals surface area contributed by atoms with E-state index in [9.17, 15) is 0 Å². The molecule has 0 heterocycles. The number of nitrogens with zero attached hydrogens (tertiary/aromatic N) is 2. The average molecular weight is 1090 g/mol. The Balaban J connectivity index is 0.000000183. The molecule has 0 amide bonds. The van der Waals surface area contributed by atoms with Crippen LogP contribution in [0.2, 0.25) is 0 Å². The van der Waals surface area contributed by atoms with Crippen molar-refractivity contribution in [3.05, 3.63) is 303 Å². The maximum atomic E-state index is 2.72. The van der Waals surface area contributed by atoms with Gasteiger partial charge in [0, 0.05) is 0 Å². The third kappa shape index (κ3) is 13.5. The zero-order chi connectivity index (χ0) is 44.9. The van der Waals surface area contributed by atoms with Gasteiger partial charge in [-0.3, -0.25) is 0 Å². The van der Waals surface area contributed by atoms with Gasteiger partial charge in [-0.1, -0.05) is 0 Å². The topological polar surface area (TPSA) is 6.48 Å². The second-order valence-corrected chi connectivity index (χ2v) is 30.6. The van der Waals surface area contributed by atoms with Gasteiger partial charge in [0.25, 0.3) is 0 Å². The van der Waals surface area contributed by atoms with Crippen LogP contribution in [0.4, 0.5) is 11.4 Å². The summed E-state index contributed by atoms with van der Waals surface area (Å²) in [6, 6.07) is 110. The molecule has 10 aromatic carbocycles. The van der Waals surface area contributed by atoms with Crippen molar-refractivity contribution in [1.29, 1.82) is 0 Å². The molecule has 316 valence electrons. The first-order valence-electron chi connectivity index (χ1n) is 22.2. The molecular weight excluding hydrogens is 1040 g/mol. The molecule has 0 atom stereocenters. The van der Waals surface area contributed by atoms with Gasteiger partial charge in [-0.2, -0.15) is 0 Å². The first-order chi connectivity index (χ1) is 32.8. The Kier molecular flexibility index (Phi) is 18.0. The average Bonchev–Trinajstić information content (AvgIpc) is 3.40. The number of benzene rings is 10. The summed E-state index contributed by atoms with van der Waals surface area (Å²) in [6.45, 7) is 0. The van der Waals surface area contributed by atoms with Crippen LogP contribution in [0.25, 0.3) is 0 Å². The van der Waals surface area contributed by atoms with E-state index in [1.165, 1.54) is 46.5 Å². The number of anilines is 2. The molecule has 10 rings (SSSR count). The van der Waals surface area contributed by atoms with Gasteiger partial charge in [-0.25, -0.2) is 0 Å². The van der Waals surface area contributed by atoms with Crippen LogP contribution in [-0.2, 0) is 0 Å². The van der Waals surface area contributed by atoms with Crippen molar-refractivity contribution in [2.75, 3.05) is 7.93 Å². The predicted molar refractivity (Wildman–Crippen MR) is 289 cm³/mol. The van der Waals surface area contributed by atoms with Crippen molar-refractivity contribution in [1.82, 2.24) is 0 Å². The van der Waals surface area contributed by atoms with Crippen molar-refractivity contribution >= 4 is 107 Å². The second-order valence-electron chi connectivity index (χ2n) is 15.2. The van der Waals surface area contributed by atoms with Crippen LogP contribution in [0, 0.1) is 0 Å². The van der Waals surface area contributed by atoms with Gasteiger partial charge >= 0.3 is 418 Å². The monoisotopic (exact) mass is 1090 g/mol. The van der Waals surface area contributed by atoms with Crippen molar-refractivity contribution in [2.45, 2.75) is 0 Å². The van der Waals surface area contributed by atoms with E-state index in [0.717, 1.165) is 0 Å². The summed E-state index contributed by atoms with van der Waals surface area (Å²) >= 11 is -5.05. The van der Waals surface area contributed by atoms with E-state index >= 15 is 0 Å². The Morgan fingerprint density at radius 3 is 0.561 bits per heavy atom. The van der Waals surface area contributed by atoms with E-state index in [1.807, 2.05) is 0 Å². The van der Waals surface area contributed by atoms with Crippen molar-refractivity contribution in [2.24, 2.45) is 0 Å². The predicted octanol–water partition coefficient (Wildman–Crippen LogP) is 8.21. The number of hydrogen-bond donors (Lipinski definition) is 0. The van der Waals surface area contributed by atoms with Crippen LogP contribution in [0.1, 0.15) is 0 Å². The maximum absolute atomic E-state index is 2.72. The molecule has 2 nitrogen and oxygen atoms in total. The Morgan fingerprint density at radius 1 is 0.197 bits per heavy atom. The van der Waals surface area contributed by atoms with Crippen LogP contribution in [0.3, 0.4) is 0 Å². The van der Waals surface area contributed by atoms with Crippen molar-refractivity contribution in [3.8, 4) is 0 Å². The molecule has 0 unspecified atom stereocenters. The summed E-state index contributed by atoms with van der Waals surface area (Å²) in [5.74, 6) is 0. The molecular formula is C60H50Ge4N2. The fourth-order valence-electron chi connectivity index (χ4n) is 7.45. The first kappa shape index (κ1) is 46.5. The van der Waals surface area contributed by atoms with Crippen molar-refractivity contribution in [3.63, 3.8) is 0 Å². The standard InChI is InChI=1S/C36H30Ge2N2.2C12H10Ge/c1-7-19-31(20-8-1)37(32-21-9-2-10-22-32)39(35-27-15-5-16-28-35)40(36-29-17-6-18-30-36)38(33-23-11-3-12-24-33)34-25-13-4-14-26-34;2*1-3-7-11(8-4-1)13-12-9-5-2-6-10-12/h1-30H;2*1-10H. The Morgan fingerprint density at radius 2 is 0.364 bits per heavy atom. The molecule has 0 saturated heterocycles. The van der Waals surface area contributed by atoms with Gasteiger partial charge in [-0.05, 0) is 0 Å². The SMILES string of the molecule is c1cc[c]([Ge][c]2ccccc2)cc1.c1cc[c]([Ge][c]2ccccc2)cc1.c1ccc([N]([N](c2ccccc2)[Ge]([c]2ccccc2)[c]2ccccc2)[Ge]([c]2ccccc2)[c]2ccccc2)cc1. The molecule has 0 spiro atoms. The number of rotatable bonds is 13. The fourth-order valence-corrected chi connectivity index (χ4v) is 24.8. The van der Waals surface area contributed by atoms with Gasteiger partial charge in [0.1, 0.15) is 0 Å². The zero-order valence-corrected chi connectivity index (χ0v) is 45.2. The molecule has 0 aromatic heterocycles. The van der Waals surface area contributed by atoms with Crippen LogP contribution in [0.15, 0.2) is 303 Å². The van der Waals surface area contributed by atoms with Crippen LogP contribution < -0.4 is 43.1 Å².